The summed E-state index contributed by atoms with van der Waals surface area (Å²) < 4.78 is 0. The zero-order chi connectivity index (χ0) is 14.8. The lowest BCUT2D eigenvalue weighted by Crippen LogP contribution is -2.06. The highest BCUT2D eigenvalue weighted by molar-refractivity contribution is 7.18. The number of aromatic nitrogens is 3. The first kappa shape index (κ1) is 13.9. The lowest BCUT2D eigenvalue weighted by molar-refractivity contribution is 0.949. The molecule has 3 heterocycles. The van der Waals surface area contributed by atoms with Crippen LogP contribution in [0.2, 0.25) is 0 Å². The Morgan fingerprint density at radius 2 is 2.05 bits per heavy atom. The third kappa shape index (κ3) is 2.74. The Morgan fingerprint density at radius 3 is 2.76 bits per heavy atom. The topological polar surface area (TPSA) is 50.7 Å². The van der Waals surface area contributed by atoms with Gasteiger partial charge in [0.15, 0.2) is 0 Å². The van der Waals surface area contributed by atoms with E-state index in [2.05, 4.69) is 41.0 Å². The summed E-state index contributed by atoms with van der Waals surface area (Å²) in [5.74, 6) is 1.80. The fourth-order valence-corrected chi connectivity index (χ4v) is 3.30. The van der Waals surface area contributed by atoms with Crippen molar-refractivity contribution in [3.63, 3.8) is 0 Å². The van der Waals surface area contributed by atoms with Crippen molar-refractivity contribution in [3.8, 4) is 0 Å². The fraction of sp³-hybridized carbons (Fsp3) is 0.312. The van der Waals surface area contributed by atoms with Gasteiger partial charge in [0.25, 0.3) is 0 Å². The zero-order valence-electron chi connectivity index (χ0n) is 12.5. The first-order valence-electron chi connectivity index (χ1n) is 7.09. The molecule has 0 radical (unpaired) electrons. The Balaban J connectivity index is 1.99. The average molecular weight is 298 g/mol. The first-order valence-corrected chi connectivity index (χ1v) is 7.91. The highest BCUT2D eigenvalue weighted by Crippen LogP contribution is 2.33. The second kappa shape index (κ2) is 5.77. The number of hydrogen-bond acceptors (Lipinski definition) is 5. The van der Waals surface area contributed by atoms with E-state index in [1.165, 1.54) is 10.4 Å². The van der Waals surface area contributed by atoms with Gasteiger partial charge in [-0.15, -0.1) is 11.3 Å². The van der Waals surface area contributed by atoms with Crippen molar-refractivity contribution in [2.45, 2.75) is 33.7 Å². The second-order valence-electron chi connectivity index (χ2n) is 4.98. The maximum atomic E-state index is 4.67. The van der Waals surface area contributed by atoms with Crippen LogP contribution >= 0.6 is 11.3 Å². The van der Waals surface area contributed by atoms with Crippen LogP contribution < -0.4 is 5.32 Å². The summed E-state index contributed by atoms with van der Waals surface area (Å²) >= 11 is 1.74. The molecule has 21 heavy (non-hydrogen) atoms. The van der Waals surface area contributed by atoms with Crippen LogP contribution in [0.1, 0.15) is 28.9 Å². The molecule has 0 bridgehead atoms. The molecule has 0 unspecified atom stereocenters. The van der Waals surface area contributed by atoms with Crippen LogP contribution in [0.5, 0.6) is 0 Å². The van der Waals surface area contributed by atoms with Gasteiger partial charge < -0.3 is 5.32 Å². The predicted molar refractivity (Wildman–Crippen MR) is 87.8 cm³/mol. The standard InChI is InChI=1S/C16H18N4S/c1-4-13-19-15(18-9-12-7-5-6-8-17-12)14-10(2)11(3)21-16(14)20-13/h5-8H,4,9H2,1-3H3,(H,18,19,20). The molecule has 3 aromatic heterocycles. The third-order valence-corrected chi connectivity index (χ3v) is 4.66. The molecule has 0 fully saturated rings. The molecule has 1 N–H and O–H groups in total. The van der Waals surface area contributed by atoms with Crippen molar-refractivity contribution >= 4 is 27.4 Å². The molecular weight excluding hydrogens is 280 g/mol. The third-order valence-electron chi connectivity index (χ3n) is 3.55. The average Bonchev–Trinajstić information content (AvgIpc) is 2.80. The lowest BCUT2D eigenvalue weighted by atomic mass is 10.2. The molecule has 0 saturated carbocycles. The second-order valence-corrected chi connectivity index (χ2v) is 6.18. The van der Waals surface area contributed by atoms with Gasteiger partial charge >= 0.3 is 0 Å². The normalized spacial score (nSPS) is 11.0. The number of anilines is 1. The number of aryl methyl sites for hydroxylation is 3. The smallest absolute Gasteiger partial charge is 0.139 e. The van der Waals surface area contributed by atoms with Crippen molar-refractivity contribution in [2.75, 3.05) is 5.32 Å². The van der Waals surface area contributed by atoms with Crippen molar-refractivity contribution in [3.05, 3.63) is 46.4 Å². The summed E-state index contributed by atoms with van der Waals surface area (Å²) in [5, 5.41) is 4.57. The van der Waals surface area contributed by atoms with Gasteiger partial charge in [-0.25, -0.2) is 9.97 Å². The highest BCUT2D eigenvalue weighted by Gasteiger charge is 2.13. The van der Waals surface area contributed by atoms with Gasteiger partial charge in [0, 0.05) is 17.5 Å². The maximum Gasteiger partial charge on any atom is 0.139 e. The quantitative estimate of drug-likeness (QED) is 0.794. The van der Waals surface area contributed by atoms with E-state index in [1.807, 2.05) is 24.4 Å². The molecule has 108 valence electrons. The van der Waals surface area contributed by atoms with E-state index in [9.17, 15) is 0 Å². The number of hydrogen-bond donors (Lipinski definition) is 1. The van der Waals surface area contributed by atoms with Gasteiger partial charge in [0.1, 0.15) is 16.5 Å². The van der Waals surface area contributed by atoms with E-state index in [1.54, 1.807) is 11.3 Å². The van der Waals surface area contributed by atoms with Gasteiger partial charge in [-0.3, -0.25) is 4.98 Å². The molecule has 0 saturated heterocycles. The van der Waals surface area contributed by atoms with Gasteiger partial charge in [-0.2, -0.15) is 0 Å². The monoisotopic (exact) mass is 298 g/mol. The number of pyridine rings is 1. The molecule has 0 aliphatic heterocycles. The molecule has 0 aliphatic carbocycles. The van der Waals surface area contributed by atoms with Crippen LogP contribution in [-0.4, -0.2) is 15.0 Å². The van der Waals surface area contributed by atoms with Crippen molar-refractivity contribution < 1.29 is 0 Å². The van der Waals surface area contributed by atoms with Crippen molar-refractivity contribution in [2.24, 2.45) is 0 Å². The summed E-state index contributed by atoms with van der Waals surface area (Å²) in [7, 11) is 0. The summed E-state index contributed by atoms with van der Waals surface area (Å²) in [5.41, 5.74) is 2.27. The predicted octanol–water partition coefficient (Wildman–Crippen LogP) is 3.88. The summed E-state index contributed by atoms with van der Waals surface area (Å²) in [6.07, 6.45) is 2.65. The molecule has 3 aromatic rings. The fourth-order valence-electron chi connectivity index (χ4n) is 2.26. The Bertz CT molecular complexity index is 765. The van der Waals surface area contributed by atoms with E-state index in [0.29, 0.717) is 6.54 Å². The van der Waals surface area contributed by atoms with E-state index in [-0.39, 0.29) is 0 Å². The van der Waals surface area contributed by atoms with Gasteiger partial charge in [-0.1, -0.05) is 13.0 Å². The van der Waals surface area contributed by atoms with E-state index in [0.717, 1.165) is 34.0 Å². The Morgan fingerprint density at radius 1 is 1.19 bits per heavy atom. The van der Waals surface area contributed by atoms with Gasteiger partial charge in [0.05, 0.1) is 17.6 Å². The van der Waals surface area contributed by atoms with Crippen LogP contribution in [0.25, 0.3) is 10.2 Å². The lowest BCUT2D eigenvalue weighted by Gasteiger charge is -2.09. The van der Waals surface area contributed by atoms with Crippen LogP contribution in [0.3, 0.4) is 0 Å². The molecule has 5 heteroatoms. The van der Waals surface area contributed by atoms with Gasteiger partial charge in [0.2, 0.25) is 0 Å². The number of nitrogens with zero attached hydrogens (tertiary/aromatic N) is 3. The summed E-state index contributed by atoms with van der Waals surface area (Å²) in [6.45, 7) is 7.02. The largest absolute Gasteiger partial charge is 0.364 e. The Hall–Kier alpha value is -2.01. The number of thiophene rings is 1. The van der Waals surface area contributed by atoms with E-state index < -0.39 is 0 Å². The number of rotatable bonds is 4. The van der Waals surface area contributed by atoms with E-state index >= 15 is 0 Å². The maximum absolute atomic E-state index is 4.67. The van der Waals surface area contributed by atoms with Gasteiger partial charge in [-0.05, 0) is 31.5 Å². The minimum atomic E-state index is 0.671. The molecule has 3 rings (SSSR count). The van der Waals surface area contributed by atoms with Crippen LogP contribution in [0, 0.1) is 13.8 Å². The molecule has 0 amide bonds. The molecule has 0 aromatic carbocycles. The molecular formula is C16H18N4S. The van der Waals surface area contributed by atoms with Crippen molar-refractivity contribution in [1.82, 2.24) is 15.0 Å². The minimum Gasteiger partial charge on any atom is -0.364 e. The van der Waals surface area contributed by atoms with E-state index in [4.69, 9.17) is 0 Å². The number of fused-ring (bicyclic) bond motifs is 1. The van der Waals surface area contributed by atoms with Crippen molar-refractivity contribution in [1.29, 1.82) is 0 Å². The molecule has 4 nitrogen and oxygen atoms in total. The van der Waals surface area contributed by atoms with Crippen LogP contribution in [0.4, 0.5) is 5.82 Å². The van der Waals surface area contributed by atoms with Crippen LogP contribution in [-0.2, 0) is 13.0 Å². The summed E-state index contributed by atoms with van der Waals surface area (Å²) in [6, 6.07) is 5.93. The minimum absolute atomic E-state index is 0.671. The highest BCUT2D eigenvalue weighted by atomic mass is 32.1. The Kier molecular flexibility index (Phi) is 3.84. The number of nitrogens with one attached hydrogen (secondary N) is 1. The molecule has 0 aliphatic rings. The van der Waals surface area contributed by atoms with Crippen LogP contribution in [0.15, 0.2) is 24.4 Å². The summed E-state index contributed by atoms with van der Waals surface area (Å²) in [4.78, 5) is 16.0. The molecule has 0 spiro atoms. The zero-order valence-corrected chi connectivity index (χ0v) is 13.3. The molecule has 0 atom stereocenters. The SMILES string of the molecule is CCc1nc(NCc2ccccn2)c2c(C)c(C)sc2n1. The first-order chi connectivity index (χ1) is 10.2. The Labute approximate surface area is 128 Å².